The van der Waals surface area contributed by atoms with Crippen molar-refractivity contribution in [1.82, 2.24) is 9.21 Å². The number of sulfonamides is 1. The van der Waals surface area contributed by atoms with Crippen molar-refractivity contribution >= 4 is 15.9 Å². The molecule has 1 fully saturated rings. The van der Waals surface area contributed by atoms with Crippen LogP contribution >= 0.6 is 0 Å². The summed E-state index contributed by atoms with van der Waals surface area (Å²) in [4.78, 5) is 14.1. The van der Waals surface area contributed by atoms with Gasteiger partial charge in [0.25, 0.3) is 0 Å². The molecule has 1 aromatic carbocycles. The van der Waals surface area contributed by atoms with Gasteiger partial charge in [-0.2, -0.15) is 0 Å². The van der Waals surface area contributed by atoms with Gasteiger partial charge in [0.1, 0.15) is 12.4 Å². The second-order valence-corrected chi connectivity index (χ2v) is 7.86. The van der Waals surface area contributed by atoms with Crippen LogP contribution in [-0.2, 0) is 14.8 Å². The average molecular weight is 340 g/mol. The van der Waals surface area contributed by atoms with Gasteiger partial charge >= 0.3 is 0 Å². The van der Waals surface area contributed by atoms with E-state index in [1.807, 2.05) is 30.3 Å². The molecule has 0 saturated carbocycles. The second-order valence-electron chi connectivity index (χ2n) is 5.88. The summed E-state index contributed by atoms with van der Waals surface area (Å²) < 4.78 is 30.3. The van der Waals surface area contributed by atoms with Gasteiger partial charge in [-0.05, 0) is 25.0 Å². The molecule has 0 unspecified atom stereocenters. The number of hydrogen-bond donors (Lipinski definition) is 0. The topological polar surface area (TPSA) is 66.9 Å². The van der Waals surface area contributed by atoms with E-state index in [9.17, 15) is 13.2 Å². The van der Waals surface area contributed by atoms with Crippen molar-refractivity contribution in [3.8, 4) is 5.75 Å². The van der Waals surface area contributed by atoms with Crippen LogP contribution in [0.2, 0.25) is 0 Å². The van der Waals surface area contributed by atoms with Crippen molar-refractivity contribution in [2.45, 2.75) is 12.8 Å². The first-order chi connectivity index (χ1) is 10.9. The van der Waals surface area contributed by atoms with E-state index in [0.717, 1.165) is 18.6 Å². The van der Waals surface area contributed by atoms with Crippen LogP contribution in [0, 0.1) is 5.92 Å². The summed E-state index contributed by atoms with van der Waals surface area (Å²) in [7, 11) is -1.50. The minimum Gasteiger partial charge on any atom is -0.492 e. The van der Waals surface area contributed by atoms with Gasteiger partial charge in [0.05, 0.1) is 18.7 Å². The molecule has 0 radical (unpaired) electrons. The van der Waals surface area contributed by atoms with Crippen molar-refractivity contribution in [2.75, 3.05) is 39.5 Å². The minimum absolute atomic E-state index is 0.0185. The van der Waals surface area contributed by atoms with Crippen LogP contribution in [0.4, 0.5) is 0 Å². The fourth-order valence-corrected chi connectivity index (χ4v) is 3.60. The standard InChI is InChI=1S/C16H24N2O4S/c1-17(11-12-22-15-8-4-3-5-9-15)16(19)14-7-6-10-18(13-14)23(2,20)21/h3-5,8-9,14H,6-7,10-13H2,1-2H3/t14-/m0/s1. The highest BCUT2D eigenvalue weighted by Gasteiger charge is 2.31. The molecule has 0 aromatic heterocycles. The molecular formula is C16H24N2O4S. The molecule has 1 aliphatic heterocycles. The summed E-state index contributed by atoms with van der Waals surface area (Å²) in [5.41, 5.74) is 0. The van der Waals surface area contributed by atoms with E-state index in [4.69, 9.17) is 4.74 Å². The predicted octanol–water partition coefficient (Wildman–Crippen LogP) is 1.20. The maximum absolute atomic E-state index is 12.5. The average Bonchev–Trinajstić information content (AvgIpc) is 2.54. The van der Waals surface area contributed by atoms with Crippen LogP contribution in [-0.4, -0.2) is 63.1 Å². The number of piperidine rings is 1. The highest BCUT2D eigenvalue weighted by atomic mass is 32.2. The number of carbonyl (C=O) groups excluding carboxylic acids is 1. The molecular weight excluding hydrogens is 316 g/mol. The summed E-state index contributed by atoms with van der Waals surface area (Å²) in [6.45, 7) is 1.67. The summed E-state index contributed by atoms with van der Waals surface area (Å²) in [5.74, 6) is 0.490. The molecule has 1 heterocycles. The molecule has 128 valence electrons. The van der Waals surface area contributed by atoms with Crippen molar-refractivity contribution in [3.63, 3.8) is 0 Å². The normalized spacial score (nSPS) is 19.3. The largest absolute Gasteiger partial charge is 0.492 e. The predicted molar refractivity (Wildman–Crippen MR) is 88.7 cm³/mol. The minimum atomic E-state index is -3.23. The van der Waals surface area contributed by atoms with Gasteiger partial charge in [-0.3, -0.25) is 4.79 Å². The molecule has 0 bridgehead atoms. The molecule has 0 N–H and O–H groups in total. The van der Waals surface area contributed by atoms with Crippen LogP contribution in [0.25, 0.3) is 0 Å². The molecule has 1 aromatic rings. The quantitative estimate of drug-likeness (QED) is 0.780. The Hall–Kier alpha value is -1.60. The maximum atomic E-state index is 12.5. The van der Waals surface area contributed by atoms with Crippen LogP contribution in [0.15, 0.2) is 30.3 Å². The van der Waals surface area contributed by atoms with Gasteiger partial charge in [-0.15, -0.1) is 0 Å². The summed E-state index contributed by atoms with van der Waals surface area (Å²) >= 11 is 0. The molecule has 0 aliphatic carbocycles. The van der Waals surface area contributed by atoms with Gasteiger partial charge in [0, 0.05) is 20.1 Å². The van der Waals surface area contributed by atoms with Gasteiger partial charge in [-0.1, -0.05) is 18.2 Å². The molecule has 7 heteroatoms. The van der Waals surface area contributed by atoms with Crippen LogP contribution in [0.3, 0.4) is 0 Å². The van der Waals surface area contributed by atoms with E-state index >= 15 is 0 Å². The van der Waals surface area contributed by atoms with E-state index in [0.29, 0.717) is 19.7 Å². The fraction of sp³-hybridized carbons (Fsp3) is 0.562. The van der Waals surface area contributed by atoms with Crippen molar-refractivity contribution in [1.29, 1.82) is 0 Å². The summed E-state index contributed by atoms with van der Waals surface area (Å²) in [6.07, 6.45) is 2.64. The number of hydrogen-bond acceptors (Lipinski definition) is 4. The molecule has 0 spiro atoms. The van der Waals surface area contributed by atoms with Crippen LogP contribution in [0.5, 0.6) is 5.75 Å². The zero-order valence-corrected chi connectivity index (χ0v) is 14.5. The lowest BCUT2D eigenvalue weighted by Crippen LogP contribution is -2.46. The second kappa shape index (κ2) is 7.79. The third kappa shape index (κ3) is 5.21. The number of nitrogens with zero attached hydrogens (tertiary/aromatic N) is 2. The summed E-state index contributed by atoms with van der Waals surface area (Å²) in [6, 6.07) is 9.44. The lowest BCUT2D eigenvalue weighted by atomic mass is 9.98. The highest BCUT2D eigenvalue weighted by molar-refractivity contribution is 7.88. The Bertz CT molecular complexity index is 618. The van der Waals surface area contributed by atoms with E-state index in [-0.39, 0.29) is 18.4 Å². The Morgan fingerprint density at radius 3 is 2.70 bits per heavy atom. The van der Waals surface area contributed by atoms with Crippen molar-refractivity contribution in [2.24, 2.45) is 5.92 Å². The van der Waals surface area contributed by atoms with E-state index in [1.54, 1.807) is 11.9 Å². The smallest absolute Gasteiger partial charge is 0.226 e. The van der Waals surface area contributed by atoms with Crippen LogP contribution in [0.1, 0.15) is 12.8 Å². The highest BCUT2D eigenvalue weighted by Crippen LogP contribution is 2.20. The first-order valence-electron chi connectivity index (χ1n) is 7.76. The first-order valence-corrected chi connectivity index (χ1v) is 9.60. The van der Waals surface area contributed by atoms with Crippen molar-refractivity contribution in [3.05, 3.63) is 30.3 Å². The fourth-order valence-electron chi connectivity index (χ4n) is 2.68. The molecule has 1 saturated heterocycles. The Balaban J connectivity index is 1.82. The number of rotatable bonds is 6. The molecule has 2 rings (SSSR count). The van der Waals surface area contributed by atoms with Crippen molar-refractivity contribution < 1.29 is 17.9 Å². The number of para-hydroxylation sites is 1. The SMILES string of the molecule is CN(CCOc1ccccc1)C(=O)[C@H]1CCCN(S(C)(=O)=O)C1. The molecule has 6 nitrogen and oxygen atoms in total. The number of likely N-dealkylation sites (N-methyl/N-ethyl adjacent to an activating group) is 1. The number of amides is 1. The third-order valence-electron chi connectivity index (χ3n) is 4.02. The number of ether oxygens (including phenoxy) is 1. The Morgan fingerprint density at radius 1 is 1.35 bits per heavy atom. The Labute approximate surface area is 138 Å². The molecule has 1 aliphatic rings. The monoisotopic (exact) mass is 340 g/mol. The third-order valence-corrected chi connectivity index (χ3v) is 5.29. The number of benzene rings is 1. The van der Waals surface area contributed by atoms with E-state index in [1.165, 1.54) is 10.6 Å². The lowest BCUT2D eigenvalue weighted by Gasteiger charge is -2.32. The zero-order valence-electron chi connectivity index (χ0n) is 13.6. The Morgan fingerprint density at radius 2 is 2.04 bits per heavy atom. The van der Waals surface area contributed by atoms with Gasteiger partial charge in [0.2, 0.25) is 15.9 Å². The maximum Gasteiger partial charge on any atom is 0.226 e. The number of carbonyl (C=O) groups is 1. The van der Waals surface area contributed by atoms with Gasteiger partial charge < -0.3 is 9.64 Å². The summed E-state index contributed by atoms with van der Waals surface area (Å²) in [5, 5.41) is 0. The molecule has 23 heavy (non-hydrogen) atoms. The Kier molecular flexibility index (Phi) is 6.01. The zero-order chi connectivity index (χ0) is 16.9. The van der Waals surface area contributed by atoms with E-state index in [2.05, 4.69) is 0 Å². The lowest BCUT2D eigenvalue weighted by molar-refractivity contribution is -0.135. The van der Waals surface area contributed by atoms with Crippen LogP contribution < -0.4 is 4.74 Å². The van der Waals surface area contributed by atoms with Gasteiger partial charge in [0.15, 0.2) is 0 Å². The van der Waals surface area contributed by atoms with E-state index < -0.39 is 10.0 Å². The van der Waals surface area contributed by atoms with Gasteiger partial charge in [-0.25, -0.2) is 12.7 Å². The molecule has 1 amide bonds. The molecule has 1 atom stereocenters. The first kappa shape index (κ1) is 17.7.